The Bertz CT molecular complexity index is 1070. The zero-order valence-electron chi connectivity index (χ0n) is 12.2. The number of aromatic nitrogens is 2. The smallest absolute Gasteiger partial charge is 0.273 e. The highest BCUT2D eigenvalue weighted by atomic mass is 35.5. The lowest BCUT2D eigenvalue weighted by atomic mass is 10.1. The number of aromatic amines is 1. The first-order valence-electron chi connectivity index (χ1n) is 6.82. The number of H-pyrrole nitrogens is 1. The van der Waals surface area contributed by atoms with Gasteiger partial charge in [0.1, 0.15) is 0 Å². The summed E-state index contributed by atoms with van der Waals surface area (Å²) in [6.07, 6.45) is -4.66. The molecule has 0 atom stereocenters. The third kappa shape index (κ3) is 2.60. The summed E-state index contributed by atoms with van der Waals surface area (Å²) in [5.41, 5.74) is -1.89. The number of alkyl halides is 3. The highest BCUT2D eigenvalue weighted by molar-refractivity contribution is 6.35. The van der Waals surface area contributed by atoms with E-state index in [0.717, 1.165) is 10.6 Å². The first-order valence-corrected chi connectivity index (χ1v) is 7.20. The monoisotopic (exact) mass is 354 g/mol. The van der Waals surface area contributed by atoms with Gasteiger partial charge in [-0.2, -0.15) is 13.2 Å². The average Bonchev–Trinajstić information content (AvgIpc) is 2.47. The number of benzene rings is 2. The van der Waals surface area contributed by atoms with Crippen molar-refractivity contribution in [2.45, 2.75) is 13.1 Å². The maximum Gasteiger partial charge on any atom is 0.416 e. The standard InChI is InChI=1S/C16H10ClF3N2O2/c1-8-4-2-3-5-11(8)22-12-7-9(16(18,19)20)6-10(17)13(12)14(23)21-15(22)24/h2-7H,1H3,(H,21,23,24). The first kappa shape index (κ1) is 16.3. The van der Waals surface area contributed by atoms with Gasteiger partial charge in [-0.05, 0) is 30.7 Å². The van der Waals surface area contributed by atoms with E-state index in [9.17, 15) is 22.8 Å². The fraction of sp³-hybridized carbons (Fsp3) is 0.125. The van der Waals surface area contributed by atoms with E-state index in [1.165, 1.54) is 0 Å². The van der Waals surface area contributed by atoms with Gasteiger partial charge in [0.2, 0.25) is 0 Å². The van der Waals surface area contributed by atoms with Crippen molar-refractivity contribution >= 4 is 22.5 Å². The molecule has 24 heavy (non-hydrogen) atoms. The number of rotatable bonds is 1. The number of aryl methyl sites for hydroxylation is 1. The van der Waals surface area contributed by atoms with Gasteiger partial charge in [0, 0.05) is 0 Å². The molecule has 0 radical (unpaired) electrons. The van der Waals surface area contributed by atoms with Crippen molar-refractivity contribution in [1.82, 2.24) is 9.55 Å². The summed E-state index contributed by atoms with van der Waals surface area (Å²) >= 11 is 5.89. The Morgan fingerprint density at radius 1 is 1.12 bits per heavy atom. The van der Waals surface area contributed by atoms with Crippen molar-refractivity contribution in [2.24, 2.45) is 0 Å². The van der Waals surface area contributed by atoms with E-state index in [-0.39, 0.29) is 15.9 Å². The molecule has 0 saturated heterocycles. The van der Waals surface area contributed by atoms with E-state index in [1.54, 1.807) is 31.2 Å². The molecule has 1 heterocycles. The van der Waals surface area contributed by atoms with Crippen LogP contribution in [0.15, 0.2) is 46.0 Å². The number of fused-ring (bicyclic) bond motifs is 1. The molecule has 0 unspecified atom stereocenters. The van der Waals surface area contributed by atoms with Gasteiger partial charge in [0.25, 0.3) is 5.56 Å². The van der Waals surface area contributed by atoms with E-state index in [2.05, 4.69) is 4.98 Å². The number of halogens is 4. The number of hydrogen-bond donors (Lipinski definition) is 1. The summed E-state index contributed by atoms with van der Waals surface area (Å²) in [6, 6.07) is 8.07. The van der Waals surface area contributed by atoms with E-state index in [4.69, 9.17) is 11.6 Å². The second-order valence-electron chi connectivity index (χ2n) is 5.23. The summed E-state index contributed by atoms with van der Waals surface area (Å²) in [6.45, 7) is 1.70. The molecule has 0 aliphatic carbocycles. The number of hydrogen-bond acceptors (Lipinski definition) is 2. The molecule has 0 aliphatic heterocycles. The molecule has 124 valence electrons. The molecule has 0 aliphatic rings. The molecular formula is C16H10ClF3N2O2. The van der Waals surface area contributed by atoms with Crippen LogP contribution in [0, 0.1) is 6.92 Å². The Kier molecular flexibility index (Phi) is 3.76. The van der Waals surface area contributed by atoms with E-state index in [1.807, 2.05) is 0 Å². The molecule has 3 aromatic rings. The highest BCUT2D eigenvalue weighted by Crippen LogP contribution is 2.34. The van der Waals surface area contributed by atoms with Crippen molar-refractivity contribution in [1.29, 1.82) is 0 Å². The van der Waals surface area contributed by atoms with Crippen LogP contribution in [-0.4, -0.2) is 9.55 Å². The van der Waals surface area contributed by atoms with Crippen LogP contribution in [0.5, 0.6) is 0 Å². The Morgan fingerprint density at radius 3 is 2.42 bits per heavy atom. The molecule has 1 N–H and O–H groups in total. The van der Waals surface area contributed by atoms with Crippen molar-refractivity contribution in [3.05, 3.63) is 73.4 Å². The van der Waals surface area contributed by atoms with E-state index >= 15 is 0 Å². The Balaban J connectivity index is 2.55. The zero-order chi connectivity index (χ0) is 17.6. The molecule has 0 fully saturated rings. The maximum absolute atomic E-state index is 13.1. The fourth-order valence-electron chi connectivity index (χ4n) is 2.54. The lowest BCUT2D eigenvalue weighted by Crippen LogP contribution is -2.30. The van der Waals surface area contributed by atoms with Crippen LogP contribution in [0.3, 0.4) is 0 Å². The summed E-state index contributed by atoms with van der Waals surface area (Å²) in [4.78, 5) is 26.4. The number of nitrogens with one attached hydrogen (secondary N) is 1. The molecule has 0 amide bonds. The summed E-state index contributed by atoms with van der Waals surface area (Å²) in [5.74, 6) is 0. The van der Waals surface area contributed by atoms with Gasteiger partial charge in [-0.25, -0.2) is 4.79 Å². The SMILES string of the molecule is Cc1ccccc1-n1c(=O)[nH]c(=O)c2c(Cl)cc(C(F)(F)F)cc21. The van der Waals surface area contributed by atoms with Crippen LogP contribution in [0.4, 0.5) is 13.2 Å². The Hall–Kier alpha value is -2.54. The predicted octanol–water partition coefficient (Wildman–Crippen LogP) is 3.66. The highest BCUT2D eigenvalue weighted by Gasteiger charge is 2.32. The second-order valence-corrected chi connectivity index (χ2v) is 5.64. The van der Waals surface area contributed by atoms with Gasteiger partial charge in [0.05, 0.1) is 27.2 Å². The normalized spacial score (nSPS) is 11.9. The minimum atomic E-state index is -4.66. The quantitative estimate of drug-likeness (QED) is 0.725. The maximum atomic E-state index is 13.1. The van der Waals surface area contributed by atoms with Crippen molar-refractivity contribution in [3.8, 4) is 5.69 Å². The summed E-state index contributed by atoms with van der Waals surface area (Å²) < 4.78 is 40.3. The minimum Gasteiger partial charge on any atom is -0.273 e. The molecular weight excluding hydrogens is 345 g/mol. The lowest BCUT2D eigenvalue weighted by molar-refractivity contribution is -0.137. The molecule has 8 heteroatoms. The molecule has 0 spiro atoms. The van der Waals surface area contributed by atoms with Crippen molar-refractivity contribution < 1.29 is 13.2 Å². The topological polar surface area (TPSA) is 54.9 Å². The third-order valence-corrected chi connectivity index (χ3v) is 3.94. The van der Waals surface area contributed by atoms with Crippen LogP contribution < -0.4 is 11.2 Å². The molecule has 4 nitrogen and oxygen atoms in total. The van der Waals surface area contributed by atoms with Crippen molar-refractivity contribution in [2.75, 3.05) is 0 Å². The van der Waals surface area contributed by atoms with Crippen LogP contribution in [-0.2, 0) is 6.18 Å². The molecule has 2 aromatic carbocycles. The average molecular weight is 355 g/mol. The van der Waals surface area contributed by atoms with E-state index < -0.39 is 23.0 Å². The molecule has 0 bridgehead atoms. The van der Waals surface area contributed by atoms with Gasteiger partial charge >= 0.3 is 11.9 Å². The van der Waals surface area contributed by atoms with Crippen LogP contribution in [0.2, 0.25) is 5.02 Å². The van der Waals surface area contributed by atoms with Crippen LogP contribution >= 0.6 is 11.6 Å². The first-order chi connectivity index (χ1) is 11.2. The number of nitrogens with zero attached hydrogens (tertiary/aromatic N) is 1. The van der Waals surface area contributed by atoms with Gasteiger partial charge in [-0.15, -0.1) is 0 Å². The zero-order valence-corrected chi connectivity index (χ0v) is 13.0. The third-order valence-electron chi connectivity index (χ3n) is 3.64. The van der Waals surface area contributed by atoms with Gasteiger partial charge < -0.3 is 0 Å². The Labute approximate surface area is 138 Å². The summed E-state index contributed by atoms with van der Waals surface area (Å²) in [5, 5.41) is -0.545. The van der Waals surface area contributed by atoms with Crippen molar-refractivity contribution in [3.63, 3.8) is 0 Å². The molecule has 3 rings (SSSR count). The summed E-state index contributed by atoms with van der Waals surface area (Å²) in [7, 11) is 0. The largest absolute Gasteiger partial charge is 0.416 e. The minimum absolute atomic E-state index is 0.174. The van der Waals surface area contributed by atoms with Gasteiger partial charge in [-0.3, -0.25) is 14.3 Å². The Morgan fingerprint density at radius 2 is 1.79 bits per heavy atom. The predicted molar refractivity (Wildman–Crippen MR) is 84.9 cm³/mol. The van der Waals surface area contributed by atoms with Crippen LogP contribution in [0.25, 0.3) is 16.6 Å². The molecule has 0 saturated carbocycles. The molecule has 1 aromatic heterocycles. The van der Waals surface area contributed by atoms with Crippen LogP contribution in [0.1, 0.15) is 11.1 Å². The van der Waals surface area contributed by atoms with E-state index in [0.29, 0.717) is 17.3 Å². The van der Waals surface area contributed by atoms with Gasteiger partial charge in [0.15, 0.2) is 0 Å². The second kappa shape index (κ2) is 5.52. The lowest BCUT2D eigenvalue weighted by Gasteiger charge is -2.15. The fourth-order valence-corrected chi connectivity index (χ4v) is 2.84. The van der Waals surface area contributed by atoms with Gasteiger partial charge in [-0.1, -0.05) is 29.8 Å². The number of para-hydroxylation sites is 1.